The molecule has 0 radical (unpaired) electrons. The first-order valence-corrected chi connectivity index (χ1v) is 8.32. The fraction of sp³-hybridized carbons (Fsp3) is 0.316. The van der Waals surface area contributed by atoms with Gasteiger partial charge in [-0.15, -0.1) is 0 Å². The molecule has 1 fully saturated rings. The monoisotopic (exact) mass is 339 g/mol. The Hall–Kier alpha value is -2.76. The number of nitrogens with zero attached hydrogens (tertiary/aromatic N) is 3. The van der Waals surface area contributed by atoms with E-state index in [1.165, 1.54) is 12.1 Å². The van der Waals surface area contributed by atoms with Crippen LogP contribution >= 0.6 is 0 Å². The maximum absolute atomic E-state index is 13.3. The molecule has 0 aliphatic heterocycles. The lowest BCUT2D eigenvalue weighted by atomic mass is 10.1. The van der Waals surface area contributed by atoms with Crippen molar-refractivity contribution in [3.05, 3.63) is 58.7 Å². The average Bonchev–Trinajstić information content (AvgIpc) is 3.37. The number of hydrogen-bond donors (Lipinski definition) is 0. The van der Waals surface area contributed by atoms with Gasteiger partial charge in [-0.3, -0.25) is 4.79 Å². The molecule has 1 aromatic carbocycles. The first kappa shape index (κ1) is 15.7. The molecule has 2 heterocycles. The third-order valence-corrected chi connectivity index (χ3v) is 4.49. The quantitative estimate of drug-likeness (QED) is 0.726. The lowest BCUT2D eigenvalue weighted by molar-refractivity contribution is 0.0731. The molecule has 0 saturated heterocycles. The zero-order valence-electron chi connectivity index (χ0n) is 14.1. The van der Waals surface area contributed by atoms with Gasteiger partial charge in [-0.25, -0.2) is 9.37 Å². The second-order valence-electron chi connectivity index (χ2n) is 6.55. The van der Waals surface area contributed by atoms with Gasteiger partial charge in [-0.05, 0) is 50.5 Å². The predicted octanol–water partition coefficient (Wildman–Crippen LogP) is 3.78. The summed E-state index contributed by atoms with van der Waals surface area (Å²) in [7, 11) is 0. The number of pyridine rings is 1. The molecule has 3 aromatic rings. The van der Waals surface area contributed by atoms with Gasteiger partial charge in [0.15, 0.2) is 0 Å². The zero-order chi connectivity index (χ0) is 17.6. The maximum atomic E-state index is 13.3. The van der Waals surface area contributed by atoms with Crippen molar-refractivity contribution >= 4 is 17.0 Å². The van der Waals surface area contributed by atoms with Gasteiger partial charge < -0.3 is 9.42 Å². The van der Waals surface area contributed by atoms with Crippen LogP contribution in [0.1, 0.15) is 40.2 Å². The predicted molar refractivity (Wildman–Crippen MR) is 90.6 cm³/mol. The van der Waals surface area contributed by atoms with E-state index >= 15 is 0 Å². The van der Waals surface area contributed by atoms with Crippen LogP contribution < -0.4 is 0 Å². The van der Waals surface area contributed by atoms with Crippen molar-refractivity contribution in [2.24, 2.45) is 0 Å². The minimum Gasteiger partial charge on any atom is -0.336 e. The molecule has 6 heteroatoms. The van der Waals surface area contributed by atoms with Crippen molar-refractivity contribution < 1.29 is 13.7 Å². The molecule has 0 spiro atoms. The van der Waals surface area contributed by atoms with Crippen molar-refractivity contribution in [2.45, 2.75) is 39.3 Å². The largest absolute Gasteiger partial charge is 0.336 e. The highest BCUT2D eigenvalue weighted by Gasteiger charge is 2.34. The number of rotatable bonds is 4. The zero-order valence-corrected chi connectivity index (χ0v) is 14.1. The number of carbonyl (C=O) groups is 1. The lowest BCUT2D eigenvalue weighted by Gasteiger charge is -2.23. The number of aryl methyl sites for hydroxylation is 2. The fourth-order valence-corrected chi connectivity index (χ4v) is 3.08. The average molecular weight is 339 g/mol. The Bertz CT molecular complexity index is 945. The Kier molecular flexibility index (Phi) is 3.75. The first-order valence-electron chi connectivity index (χ1n) is 8.32. The van der Waals surface area contributed by atoms with Crippen molar-refractivity contribution in [2.75, 3.05) is 0 Å². The summed E-state index contributed by atoms with van der Waals surface area (Å²) >= 11 is 0. The van der Waals surface area contributed by atoms with Crippen LogP contribution in [0, 0.1) is 19.7 Å². The SMILES string of the molecule is Cc1cc(C(=O)N(Cc2ccc(F)cc2)C2CC2)c2c(C)noc2n1. The van der Waals surface area contributed by atoms with Crippen LogP contribution in [-0.4, -0.2) is 27.0 Å². The van der Waals surface area contributed by atoms with Crippen LogP contribution in [0.4, 0.5) is 4.39 Å². The van der Waals surface area contributed by atoms with Crippen molar-refractivity contribution in [3.8, 4) is 0 Å². The number of halogens is 1. The van der Waals surface area contributed by atoms with E-state index in [4.69, 9.17) is 4.52 Å². The molecule has 0 bridgehead atoms. The minimum absolute atomic E-state index is 0.0615. The van der Waals surface area contributed by atoms with Gasteiger partial charge in [0.25, 0.3) is 11.6 Å². The fourth-order valence-electron chi connectivity index (χ4n) is 3.08. The second kappa shape index (κ2) is 5.95. The maximum Gasteiger partial charge on any atom is 0.258 e. The molecule has 4 rings (SSSR count). The molecule has 1 aliphatic rings. The molecule has 1 saturated carbocycles. The van der Waals surface area contributed by atoms with Gasteiger partial charge in [-0.2, -0.15) is 0 Å². The van der Waals surface area contributed by atoms with E-state index < -0.39 is 0 Å². The summed E-state index contributed by atoms with van der Waals surface area (Å²) in [5.74, 6) is -0.340. The molecule has 1 aliphatic carbocycles. The van der Waals surface area contributed by atoms with Crippen LogP contribution in [-0.2, 0) is 6.54 Å². The third-order valence-electron chi connectivity index (χ3n) is 4.49. The van der Waals surface area contributed by atoms with Gasteiger partial charge in [0.1, 0.15) is 5.82 Å². The number of carbonyl (C=O) groups excluding carboxylic acids is 1. The number of hydrogen-bond acceptors (Lipinski definition) is 4. The summed E-state index contributed by atoms with van der Waals surface area (Å²) in [5.41, 5.74) is 3.23. The normalized spacial score (nSPS) is 14.0. The van der Waals surface area contributed by atoms with Crippen LogP contribution in [0.3, 0.4) is 0 Å². The molecule has 0 N–H and O–H groups in total. The number of fused-ring (bicyclic) bond motifs is 1. The summed E-state index contributed by atoms with van der Waals surface area (Å²) in [6, 6.07) is 8.29. The van der Waals surface area contributed by atoms with Crippen LogP contribution in [0.15, 0.2) is 34.9 Å². The summed E-state index contributed by atoms with van der Waals surface area (Å²) in [4.78, 5) is 19.4. The summed E-state index contributed by atoms with van der Waals surface area (Å²) in [6.45, 7) is 4.09. The van der Waals surface area contributed by atoms with E-state index in [1.54, 1.807) is 25.1 Å². The Morgan fingerprint density at radius 2 is 2.00 bits per heavy atom. The highest BCUT2D eigenvalue weighted by molar-refractivity contribution is 6.06. The molecular formula is C19H18FN3O2. The van der Waals surface area contributed by atoms with Gasteiger partial charge in [-0.1, -0.05) is 17.3 Å². The van der Waals surface area contributed by atoms with E-state index in [2.05, 4.69) is 10.1 Å². The van der Waals surface area contributed by atoms with Crippen molar-refractivity contribution in [1.82, 2.24) is 15.0 Å². The molecule has 128 valence electrons. The Labute approximate surface area is 144 Å². The Morgan fingerprint density at radius 3 is 2.68 bits per heavy atom. The van der Waals surface area contributed by atoms with Crippen molar-refractivity contribution in [3.63, 3.8) is 0 Å². The van der Waals surface area contributed by atoms with Gasteiger partial charge in [0, 0.05) is 18.3 Å². The van der Waals surface area contributed by atoms with Gasteiger partial charge in [0.2, 0.25) is 0 Å². The number of benzene rings is 1. The lowest BCUT2D eigenvalue weighted by Crippen LogP contribution is -2.33. The molecule has 5 nitrogen and oxygen atoms in total. The second-order valence-corrected chi connectivity index (χ2v) is 6.55. The van der Waals surface area contributed by atoms with Gasteiger partial charge in [0.05, 0.1) is 16.6 Å². The minimum atomic E-state index is -0.278. The molecule has 1 amide bonds. The molecule has 2 aromatic heterocycles. The molecule has 25 heavy (non-hydrogen) atoms. The summed E-state index contributed by atoms with van der Waals surface area (Å²) in [5, 5.41) is 4.61. The standard InChI is InChI=1S/C19H18FN3O2/c1-11-9-16(17-12(2)22-25-18(17)21-11)19(24)23(15-7-8-15)10-13-3-5-14(20)6-4-13/h3-6,9,15H,7-8,10H2,1-2H3. The summed E-state index contributed by atoms with van der Waals surface area (Å²) < 4.78 is 18.4. The van der Waals surface area contributed by atoms with E-state index in [0.29, 0.717) is 34.6 Å². The van der Waals surface area contributed by atoms with E-state index in [-0.39, 0.29) is 17.8 Å². The highest BCUT2D eigenvalue weighted by atomic mass is 19.1. The number of amides is 1. The topological polar surface area (TPSA) is 59.2 Å². The molecular weight excluding hydrogens is 321 g/mol. The first-order chi connectivity index (χ1) is 12.0. The number of aromatic nitrogens is 2. The van der Waals surface area contributed by atoms with Gasteiger partial charge >= 0.3 is 0 Å². The smallest absolute Gasteiger partial charge is 0.258 e. The Morgan fingerprint density at radius 1 is 1.28 bits per heavy atom. The van der Waals surface area contributed by atoms with Crippen LogP contribution in [0.2, 0.25) is 0 Å². The van der Waals surface area contributed by atoms with Crippen LogP contribution in [0.5, 0.6) is 0 Å². The summed E-state index contributed by atoms with van der Waals surface area (Å²) in [6.07, 6.45) is 1.98. The van der Waals surface area contributed by atoms with Crippen LogP contribution in [0.25, 0.3) is 11.1 Å². The van der Waals surface area contributed by atoms with E-state index in [9.17, 15) is 9.18 Å². The Balaban J connectivity index is 1.72. The van der Waals surface area contributed by atoms with E-state index in [1.807, 2.05) is 11.8 Å². The van der Waals surface area contributed by atoms with E-state index in [0.717, 1.165) is 18.4 Å². The van der Waals surface area contributed by atoms with Crippen molar-refractivity contribution in [1.29, 1.82) is 0 Å². The molecule has 0 atom stereocenters. The third kappa shape index (κ3) is 2.99. The molecule has 0 unspecified atom stereocenters. The highest BCUT2D eigenvalue weighted by Crippen LogP contribution is 2.32.